The van der Waals surface area contributed by atoms with E-state index in [9.17, 15) is 0 Å². The molecule has 1 aromatic rings. The van der Waals surface area contributed by atoms with E-state index in [0.717, 1.165) is 12.2 Å². The number of rotatable bonds is 3. The van der Waals surface area contributed by atoms with E-state index in [1.165, 1.54) is 25.8 Å². The van der Waals surface area contributed by atoms with Crippen molar-refractivity contribution in [3.05, 3.63) is 24.2 Å². The number of furan rings is 1. The maximum absolute atomic E-state index is 5.31. The summed E-state index contributed by atoms with van der Waals surface area (Å²) >= 11 is 0. The number of aryl methyl sites for hydroxylation is 1. The summed E-state index contributed by atoms with van der Waals surface area (Å²) in [7, 11) is 0. The fourth-order valence-corrected chi connectivity index (χ4v) is 2.02. The van der Waals surface area contributed by atoms with Crippen molar-refractivity contribution in [2.75, 3.05) is 6.54 Å². The van der Waals surface area contributed by atoms with Crippen LogP contribution < -0.4 is 5.32 Å². The van der Waals surface area contributed by atoms with Crippen LogP contribution >= 0.6 is 0 Å². The highest BCUT2D eigenvalue weighted by Crippen LogP contribution is 2.24. The lowest BCUT2D eigenvalue weighted by Crippen LogP contribution is -2.36. The fourth-order valence-electron chi connectivity index (χ4n) is 2.02. The van der Waals surface area contributed by atoms with Gasteiger partial charge in [0.1, 0.15) is 5.76 Å². The minimum absolute atomic E-state index is 0.354. The van der Waals surface area contributed by atoms with Gasteiger partial charge in [-0.15, -0.1) is 0 Å². The van der Waals surface area contributed by atoms with Crippen molar-refractivity contribution in [1.29, 1.82) is 0 Å². The first-order chi connectivity index (χ1) is 6.29. The van der Waals surface area contributed by atoms with Crippen molar-refractivity contribution in [2.24, 2.45) is 0 Å². The van der Waals surface area contributed by atoms with Gasteiger partial charge in [-0.05, 0) is 44.9 Å². The van der Waals surface area contributed by atoms with Gasteiger partial charge in [0.05, 0.1) is 6.26 Å². The Balaban J connectivity index is 1.85. The second-order valence-electron chi connectivity index (χ2n) is 4.17. The predicted molar refractivity (Wildman–Crippen MR) is 52.7 cm³/mol. The number of hydrogen-bond acceptors (Lipinski definition) is 2. The minimum Gasteiger partial charge on any atom is -0.469 e. The van der Waals surface area contributed by atoms with Gasteiger partial charge in [-0.2, -0.15) is 0 Å². The third-order valence-corrected chi connectivity index (χ3v) is 2.96. The van der Waals surface area contributed by atoms with Gasteiger partial charge in [0.15, 0.2) is 0 Å². The molecule has 1 N–H and O–H groups in total. The third-order valence-electron chi connectivity index (χ3n) is 2.96. The molecule has 2 heteroatoms. The van der Waals surface area contributed by atoms with Gasteiger partial charge in [-0.3, -0.25) is 0 Å². The molecule has 1 aliphatic heterocycles. The number of hydrogen-bond donors (Lipinski definition) is 1. The highest BCUT2D eigenvalue weighted by atomic mass is 16.3. The molecule has 0 aromatic carbocycles. The predicted octanol–water partition coefficient (Wildman–Crippen LogP) is 2.35. The molecule has 1 fully saturated rings. The van der Waals surface area contributed by atoms with E-state index in [1.54, 1.807) is 6.26 Å². The Hall–Kier alpha value is -0.760. The van der Waals surface area contributed by atoms with Crippen molar-refractivity contribution < 1.29 is 4.42 Å². The summed E-state index contributed by atoms with van der Waals surface area (Å²) in [6.45, 7) is 3.48. The fraction of sp³-hybridized carbons (Fsp3) is 0.636. The third kappa shape index (κ3) is 2.13. The van der Waals surface area contributed by atoms with E-state index >= 15 is 0 Å². The summed E-state index contributed by atoms with van der Waals surface area (Å²) in [6, 6.07) is 4.01. The zero-order valence-corrected chi connectivity index (χ0v) is 8.18. The monoisotopic (exact) mass is 179 g/mol. The second kappa shape index (κ2) is 3.54. The molecule has 1 aromatic heterocycles. The lowest BCUT2D eigenvalue weighted by molar-refractivity contribution is 0.367. The highest BCUT2D eigenvalue weighted by molar-refractivity contribution is 5.00. The average Bonchev–Trinajstić information content (AvgIpc) is 2.72. The van der Waals surface area contributed by atoms with Crippen LogP contribution in [0.5, 0.6) is 0 Å². The van der Waals surface area contributed by atoms with Crippen molar-refractivity contribution in [1.82, 2.24) is 5.32 Å². The Morgan fingerprint density at radius 1 is 1.62 bits per heavy atom. The van der Waals surface area contributed by atoms with Gasteiger partial charge in [0.25, 0.3) is 0 Å². The molecule has 1 saturated heterocycles. The van der Waals surface area contributed by atoms with E-state index in [1.807, 2.05) is 6.07 Å². The molecule has 13 heavy (non-hydrogen) atoms. The first-order valence-electron chi connectivity index (χ1n) is 5.06. The Labute approximate surface area is 79.3 Å². The summed E-state index contributed by atoms with van der Waals surface area (Å²) in [5.74, 6) is 1.11. The molecule has 0 saturated carbocycles. The maximum Gasteiger partial charge on any atom is 0.103 e. The van der Waals surface area contributed by atoms with Crippen molar-refractivity contribution in [2.45, 2.75) is 38.1 Å². The standard InChI is InChI=1S/C11H17NO/c1-11(6-3-8-12-11)7-5-10-4-2-9-13-10/h2,4,9,12H,3,5-8H2,1H3. The van der Waals surface area contributed by atoms with Gasteiger partial charge in [-0.1, -0.05) is 0 Å². The summed E-state index contributed by atoms with van der Waals surface area (Å²) in [4.78, 5) is 0. The lowest BCUT2D eigenvalue weighted by atomic mass is 9.93. The van der Waals surface area contributed by atoms with Gasteiger partial charge >= 0.3 is 0 Å². The summed E-state index contributed by atoms with van der Waals surface area (Å²) in [6.07, 6.45) is 6.60. The smallest absolute Gasteiger partial charge is 0.103 e. The van der Waals surface area contributed by atoms with Crippen LogP contribution in [0, 0.1) is 0 Å². The van der Waals surface area contributed by atoms with Gasteiger partial charge in [0, 0.05) is 12.0 Å². The first kappa shape index (κ1) is 8.82. The van der Waals surface area contributed by atoms with Crippen LogP contribution in [0.15, 0.2) is 22.8 Å². The Morgan fingerprint density at radius 2 is 2.54 bits per heavy atom. The van der Waals surface area contributed by atoms with Crippen LogP contribution in [0.4, 0.5) is 0 Å². The maximum atomic E-state index is 5.31. The van der Waals surface area contributed by atoms with E-state index in [0.29, 0.717) is 5.54 Å². The van der Waals surface area contributed by atoms with Gasteiger partial charge in [-0.25, -0.2) is 0 Å². The summed E-state index contributed by atoms with van der Waals surface area (Å²) in [5.41, 5.74) is 0.354. The highest BCUT2D eigenvalue weighted by Gasteiger charge is 2.27. The Morgan fingerprint density at radius 3 is 3.15 bits per heavy atom. The molecule has 2 heterocycles. The molecule has 0 bridgehead atoms. The Kier molecular flexibility index (Phi) is 2.40. The van der Waals surface area contributed by atoms with Crippen LogP contribution in [-0.2, 0) is 6.42 Å². The van der Waals surface area contributed by atoms with E-state index < -0.39 is 0 Å². The van der Waals surface area contributed by atoms with Crippen LogP contribution in [0.3, 0.4) is 0 Å². The first-order valence-corrected chi connectivity index (χ1v) is 5.06. The molecule has 0 aliphatic carbocycles. The van der Waals surface area contributed by atoms with Gasteiger partial charge < -0.3 is 9.73 Å². The SMILES string of the molecule is CC1(CCc2ccco2)CCCN1. The molecule has 0 amide bonds. The quantitative estimate of drug-likeness (QED) is 0.770. The molecular formula is C11H17NO. The molecule has 2 nitrogen and oxygen atoms in total. The minimum atomic E-state index is 0.354. The Bertz CT molecular complexity index is 247. The topological polar surface area (TPSA) is 25.2 Å². The molecule has 1 aliphatic rings. The van der Waals surface area contributed by atoms with Crippen LogP contribution in [-0.4, -0.2) is 12.1 Å². The molecule has 72 valence electrons. The van der Waals surface area contributed by atoms with E-state index in [2.05, 4.69) is 18.3 Å². The van der Waals surface area contributed by atoms with Crippen LogP contribution in [0.2, 0.25) is 0 Å². The molecule has 1 unspecified atom stereocenters. The molecular weight excluding hydrogens is 162 g/mol. The second-order valence-corrected chi connectivity index (χ2v) is 4.17. The molecule has 2 rings (SSSR count). The van der Waals surface area contributed by atoms with Crippen molar-refractivity contribution >= 4 is 0 Å². The van der Waals surface area contributed by atoms with Gasteiger partial charge in [0.2, 0.25) is 0 Å². The van der Waals surface area contributed by atoms with Crippen LogP contribution in [0.25, 0.3) is 0 Å². The molecule has 0 radical (unpaired) electrons. The average molecular weight is 179 g/mol. The molecule has 0 spiro atoms. The summed E-state index contributed by atoms with van der Waals surface area (Å²) < 4.78 is 5.31. The van der Waals surface area contributed by atoms with Crippen LogP contribution in [0.1, 0.15) is 31.9 Å². The number of nitrogens with one attached hydrogen (secondary N) is 1. The zero-order chi connectivity index (χ0) is 9.15. The van der Waals surface area contributed by atoms with E-state index in [4.69, 9.17) is 4.42 Å². The van der Waals surface area contributed by atoms with E-state index in [-0.39, 0.29) is 0 Å². The van der Waals surface area contributed by atoms with Crippen molar-refractivity contribution in [3.8, 4) is 0 Å². The lowest BCUT2D eigenvalue weighted by Gasteiger charge is -2.23. The normalized spacial score (nSPS) is 28.1. The largest absolute Gasteiger partial charge is 0.469 e. The summed E-state index contributed by atoms with van der Waals surface area (Å²) in [5, 5.41) is 3.55. The zero-order valence-electron chi connectivity index (χ0n) is 8.18. The van der Waals surface area contributed by atoms with Crippen molar-refractivity contribution in [3.63, 3.8) is 0 Å². The molecule has 1 atom stereocenters.